The topological polar surface area (TPSA) is 115 Å². The fourth-order valence-electron chi connectivity index (χ4n) is 2.23. The molecular weight excluding hydrogens is 386 g/mol. The number of rotatable bonds is 7. The fraction of sp³-hybridized carbons (Fsp3) is 0.222. The Kier molecular flexibility index (Phi) is 5.52. The van der Waals surface area contributed by atoms with Crippen molar-refractivity contribution in [3.63, 3.8) is 0 Å². The molecule has 3 rings (SSSR count). The molecule has 10 heteroatoms. The van der Waals surface area contributed by atoms with Crippen LogP contribution in [0.5, 0.6) is 5.75 Å². The minimum absolute atomic E-state index is 0.0483. The van der Waals surface area contributed by atoms with Crippen molar-refractivity contribution in [3.05, 3.63) is 59.5 Å². The average Bonchev–Trinajstić information content (AvgIpc) is 3.29. The zero-order chi connectivity index (χ0) is 20.3. The second-order valence-electron chi connectivity index (χ2n) is 6.10. The summed E-state index contributed by atoms with van der Waals surface area (Å²) in [5.41, 5.74) is 0.422. The minimum atomic E-state index is -3.62. The van der Waals surface area contributed by atoms with Crippen LogP contribution < -0.4 is 10.1 Å². The lowest BCUT2D eigenvalue weighted by Crippen LogP contribution is -2.21. The van der Waals surface area contributed by atoms with Crippen molar-refractivity contribution >= 4 is 21.7 Å². The molecule has 0 fully saturated rings. The van der Waals surface area contributed by atoms with Gasteiger partial charge in [0.1, 0.15) is 23.9 Å². The summed E-state index contributed by atoms with van der Waals surface area (Å²) < 4.78 is 40.9. The number of aromatic nitrogens is 1. The lowest BCUT2D eigenvalue weighted by molar-refractivity contribution is 0.102. The van der Waals surface area contributed by atoms with Crippen molar-refractivity contribution in [2.45, 2.75) is 18.6 Å². The van der Waals surface area contributed by atoms with E-state index in [4.69, 9.17) is 13.7 Å². The van der Waals surface area contributed by atoms with Gasteiger partial charge in [-0.1, -0.05) is 5.16 Å². The summed E-state index contributed by atoms with van der Waals surface area (Å²) in [6.45, 7) is 1.78. The lowest BCUT2D eigenvalue weighted by atomic mass is 10.2. The van der Waals surface area contributed by atoms with Crippen LogP contribution in [-0.4, -0.2) is 37.9 Å². The summed E-state index contributed by atoms with van der Waals surface area (Å²) >= 11 is 0. The molecule has 0 aliphatic rings. The van der Waals surface area contributed by atoms with Gasteiger partial charge in [-0.2, -0.15) is 0 Å². The first kappa shape index (κ1) is 19.6. The van der Waals surface area contributed by atoms with E-state index >= 15 is 0 Å². The Morgan fingerprint density at radius 2 is 1.89 bits per heavy atom. The molecule has 148 valence electrons. The van der Waals surface area contributed by atoms with E-state index in [2.05, 4.69) is 10.5 Å². The number of amides is 1. The van der Waals surface area contributed by atoms with Gasteiger partial charge in [0, 0.05) is 25.7 Å². The zero-order valence-electron chi connectivity index (χ0n) is 15.5. The van der Waals surface area contributed by atoms with Crippen molar-refractivity contribution in [1.82, 2.24) is 9.46 Å². The highest BCUT2D eigenvalue weighted by molar-refractivity contribution is 7.88. The Hall–Kier alpha value is -3.11. The number of hydrogen-bond acceptors (Lipinski definition) is 7. The number of anilines is 1. The van der Waals surface area contributed by atoms with E-state index in [1.54, 1.807) is 37.3 Å². The molecule has 0 aliphatic heterocycles. The van der Waals surface area contributed by atoms with Gasteiger partial charge in [0.15, 0.2) is 5.82 Å². The van der Waals surface area contributed by atoms with Crippen LogP contribution in [0.2, 0.25) is 0 Å². The van der Waals surface area contributed by atoms with Crippen LogP contribution in [0.25, 0.3) is 0 Å². The van der Waals surface area contributed by atoms with Crippen LogP contribution in [0.1, 0.15) is 21.9 Å². The van der Waals surface area contributed by atoms with E-state index < -0.39 is 10.0 Å². The highest BCUT2D eigenvalue weighted by atomic mass is 32.2. The summed E-state index contributed by atoms with van der Waals surface area (Å²) in [6.07, 6.45) is 0. The van der Waals surface area contributed by atoms with E-state index in [1.165, 1.54) is 26.2 Å². The third-order valence-electron chi connectivity index (χ3n) is 3.74. The van der Waals surface area contributed by atoms with Gasteiger partial charge >= 0.3 is 0 Å². The molecule has 0 atom stereocenters. The SMILES string of the molecule is Cc1cc(NC(=O)c2ccc(OCc3ccc(S(=O)(=O)N(C)C)o3)cc2)no1. The molecule has 2 heterocycles. The molecule has 3 aromatic rings. The number of nitrogens with zero attached hydrogens (tertiary/aromatic N) is 2. The zero-order valence-corrected chi connectivity index (χ0v) is 16.3. The second-order valence-corrected chi connectivity index (χ2v) is 8.18. The molecule has 0 spiro atoms. The minimum Gasteiger partial charge on any atom is -0.486 e. The smallest absolute Gasteiger partial charge is 0.275 e. The third kappa shape index (κ3) is 4.41. The van der Waals surface area contributed by atoms with Crippen LogP contribution in [0, 0.1) is 6.92 Å². The maximum Gasteiger partial charge on any atom is 0.275 e. The van der Waals surface area contributed by atoms with Crippen LogP contribution >= 0.6 is 0 Å². The van der Waals surface area contributed by atoms with Gasteiger partial charge in [0.05, 0.1) is 0 Å². The first-order valence-electron chi connectivity index (χ1n) is 8.24. The molecule has 0 radical (unpaired) electrons. The molecule has 28 heavy (non-hydrogen) atoms. The number of hydrogen-bond donors (Lipinski definition) is 1. The Balaban J connectivity index is 1.59. The number of carbonyl (C=O) groups is 1. The molecule has 1 N–H and O–H groups in total. The van der Waals surface area contributed by atoms with E-state index in [0.717, 1.165) is 4.31 Å². The molecule has 9 nitrogen and oxygen atoms in total. The van der Waals surface area contributed by atoms with E-state index in [1.807, 2.05) is 0 Å². The van der Waals surface area contributed by atoms with Crippen LogP contribution in [0.4, 0.5) is 5.82 Å². The van der Waals surface area contributed by atoms with Gasteiger partial charge < -0.3 is 19.0 Å². The first-order valence-corrected chi connectivity index (χ1v) is 9.68. The number of benzene rings is 1. The van der Waals surface area contributed by atoms with Crippen molar-refractivity contribution in [1.29, 1.82) is 0 Å². The Bertz CT molecular complexity index is 1070. The number of carbonyl (C=O) groups excluding carboxylic acids is 1. The number of furan rings is 1. The fourth-order valence-corrected chi connectivity index (χ4v) is 3.04. The van der Waals surface area contributed by atoms with Crippen LogP contribution in [0.3, 0.4) is 0 Å². The van der Waals surface area contributed by atoms with Crippen molar-refractivity contribution in [2.75, 3.05) is 19.4 Å². The lowest BCUT2D eigenvalue weighted by Gasteiger charge is -2.08. The molecule has 1 amide bonds. The molecule has 0 saturated carbocycles. The number of aryl methyl sites for hydroxylation is 1. The monoisotopic (exact) mass is 405 g/mol. The molecule has 1 aromatic carbocycles. The van der Waals surface area contributed by atoms with Gasteiger partial charge in [-0.25, -0.2) is 12.7 Å². The molecule has 0 bridgehead atoms. The highest BCUT2D eigenvalue weighted by Crippen LogP contribution is 2.20. The van der Waals surface area contributed by atoms with Gasteiger partial charge in [-0.05, 0) is 43.3 Å². The largest absolute Gasteiger partial charge is 0.486 e. The highest BCUT2D eigenvalue weighted by Gasteiger charge is 2.21. The molecule has 2 aromatic heterocycles. The van der Waals surface area contributed by atoms with Crippen LogP contribution in [-0.2, 0) is 16.6 Å². The van der Waals surface area contributed by atoms with E-state index in [0.29, 0.717) is 28.7 Å². The van der Waals surface area contributed by atoms with Crippen molar-refractivity contribution in [2.24, 2.45) is 0 Å². The van der Waals surface area contributed by atoms with Crippen molar-refractivity contribution < 1.29 is 26.9 Å². The van der Waals surface area contributed by atoms with Crippen LogP contribution in [0.15, 0.2) is 56.5 Å². The predicted octanol–water partition coefficient (Wildman–Crippen LogP) is 2.66. The normalized spacial score (nSPS) is 11.6. The first-order chi connectivity index (χ1) is 13.3. The van der Waals surface area contributed by atoms with Gasteiger partial charge in [-0.15, -0.1) is 0 Å². The quantitative estimate of drug-likeness (QED) is 0.642. The number of nitrogens with one attached hydrogen (secondary N) is 1. The van der Waals surface area contributed by atoms with Gasteiger partial charge in [0.2, 0.25) is 5.09 Å². The second kappa shape index (κ2) is 7.87. The summed E-state index contributed by atoms with van der Waals surface area (Å²) in [5, 5.41) is 6.18. The standard InChI is InChI=1S/C18H19N3O6S/c1-12-10-16(20-27-12)19-18(22)13-4-6-14(7-5-13)25-11-15-8-9-17(26-15)28(23,24)21(2)3/h4-10H,11H2,1-3H3,(H,19,20,22). The average molecular weight is 405 g/mol. The van der Waals surface area contributed by atoms with Crippen molar-refractivity contribution in [3.8, 4) is 5.75 Å². The molecule has 0 aliphatic carbocycles. The molecule has 0 saturated heterocycles. The Morgan fingerprint density at radius 3 is 2.50 bits per heavy atom. The molecular formula is C18H19N3O6S. The summed E-state index contributed by atoms with van der Waals surface area (Å²) in [4.78, 5) is 12.2. The maximum absolute atomic E-state index is 12.2. The number of sulfonamides is 1. The Morgan fingerprint density at radius 1 is 1.18 bits per heavy atom. The summed E-state index contributed by atoms with van der Waals surface area (Å²) in [6, 6.07) is 11.0. The summed E-state index contributed by atoms with van der Waals surface area (Å²) in [7, 11) is -0.771. The Labute approximate surface area is 161 Å². The van der Waals surface area contributed by atoms with E-state index in [-0.39, 0.29) is 17.6 Å². The summed E-state index contributed by atoms with van der Waals surface area (Å²) in [5.74, 6) is 1.47. The van der Waals surface area contributed by atoms with E-state index in [9.17, 15) is 13.2 Å². The van der Waals surface area contributed by atoms with Gasteiger partial charge in [0.25, 0.3) is 15.9 Å². The van der Waals surface area contributed by atoms with Gasteiger partial charge in [-0.3, -0.25) is 4.79 Å². The molecule has 0 unspecified atom stereocenters. The third-order valence-corrected chi connectivity index (χ3v) is 5.43. The maximum atomic E-state index is 12.2. The predicted molar refractivity (Wildman–Crippen MR) is 99.5 cm³/mol. The number of ether oxygens (including phenoxy) is 1.